The molecule has 1 N–H and O–H groups in total. The Kier molecular flexibility index (Phi) is 15.4. The predicted molar refractivity (Wildman–Crippen MR) is 39.2 cm³/mol. The predicted octanol–water partition coefficient (Wildman–Crippen LogP) is -9.20. The molecule has 0 saturated heterocycles. The van der Waals surface area contributed by atoms with Crippen LogP contribution in [0, 0.1) is 0 Å². The monoisotopic (exact) mass is 247 g/mol. The molecule has 0 aromatic rings. The number of nitrogens with zero attached hydrogens (tertiary/aromatic N) is 1. The molecule has 0 atom stereocenters. The number of hydrogen-bond donors (Lipinski definition) is 1. The second-order valence-corrected chi connectivity index (χ2v) is 2.31. The van der Waals surface area contributed by atoms with Crippen molar-refractivity contribution in [2.45, 2.75) is 12.8 Å². The van der Waals surface area contributed by atoms with Gasteiger partial charge in [0.05, 0.1) is 18.1 Å². The van der Waals surface area contributed by atoms with E-state index in [4.69, 9.17) is 5.11 Å². The molecule has 0 heterocycles. The quantitative estimate of drug-likeness (QED) is 0.366. The summed E-state index contributed by atoms with van der Waals surface area (Å²) in [4.78, 5) is 33.5. The van der Waals surface area contributed by atoms with Crippen LogP contribution in [-0.4, -0.2) is 35.3 Å². The molecular weight excluding hydrogens is 240 g/mol. The van der Waals surface area contributed by atoms with Crippen molar-refractivity contribution in [3.05, 3.63) is 0 Å². The van der Waals surface area contributed by atoms with E-state index in [2.05, 4.69) is 4.99 Å². The standard InChI is InChI=1S/C7H9NO6.2Na/c9-5(10)1-2-8-4(7(13)14)3-6(11)12;;/h1-3H2,(H,9,10)(H,11,12)(H,13,14);;/q;2*+1/p-2. The fourth-order valence-electron chi connectivity index (χ4n) is 0.616. The molecule has 0 spiro atoms. The third-order valence-electron chi connectivity index (χ3n) is 1.18. The van der Waals surface area contributed by atoms with E-state index in [1.165, 1.54) is 0 Å². The smallest absolute Gasteiger partial charge is 0.550 e. The van der Waals surface area contributed by atoms with Gasteiger partial charge in [-0.1, -0.05) is 0 Å². The molecule has 0 aromatic heterocycles. The average Bonchev–Trinajstić information content (AvgIpc) is 2.00. The summed E-state index contributed by atoms with van der Waals surface area (Å²) >= 11 is 0. The molecule has 0 aliphatic heterocycles. The van der Waals surface area contributed by atoms with E-state index < -0.39 is 30.0 Å². The van der Waals surface area contributed by atoms with Crippen molar-refractivity contribution < 1.29 is 88.8 Å². The van der Waals surface area contributed by atoms with E-state index in [1.807, 2.05) is 0 Å². The number of rotatable bonds is 6. The maximum Gasteiger partial charge on any atom is 1.00 e. The van der Waals surface area contributed by atoms with Crippen molar-refractivity contribution in [1.29, 1.82) is 0 Å². The first-order valence-electron chi connectivity index (χ1n) is 3.59. The van der Waals surface area contributed by atoms with Crippen LogP contribution >= 0.6 is 0 Å². The zero-order valence-electron chi connectivity index (χ0n) is 9.06. The van der Waals surface area contributed by atoms with Crippen LogP contribution < -0.4 is 69.3 Å². The second-order valence-electron chi connectivity index (χ2n) is 2.31. The van der Waals surface area contributed by atoms with Crippen LogP contribution in [0.25, 0.3) is 0 Å². The number of aliphatic imine (C=N–C) groups is 1. The van der Waals surface area contributed by atoms with Crippen LogP contribution in [-0.2, 0) is 14.4 Å². The van der Waals surface area contributed by atoms with Crippen LogP contribution in [0.4, 0.5) is 0 Å². The van der Waals surface area contributed by atoms with E-state index in [0.717, 1.165) is 0 Å². The number of aliphatic carboxylic acids is 3. The minimum atomic E-state index is -1.74. The van der Waals surface area contributed by atoms with Crippen molar-refractivity contribution in [3.63, 3.8) is 0 Å². The molecule has 0 bridgehead atoms. The molecule has 0 aromatic carbocycles. The summed E-state index contributed by atoms with van der Waals surface area (Å²) in [5.41, 5.74) is -0.716. The summed E-state index contributed by atoms with van der Waals surface area (Å²) in [5, 5.41) is 28.4. The Labute approximate surface area is 136 Å². The number of carbonyl (C=O) groups is 3. The van der Waals surface area contributed by atoms with Gasteiger partial charge < -0.3 is 24.9 Å². The maximum absolute atomic E-state index is 10.2. The number of carbonyl (C=O) groups excluding carboxylic acids is 2. The normalized spacial score (nSPS) is 9.62. The van der Waals surface area contributed by atoms with Crippen LogP contribution in [0.5, 0.6) is 0 Å². The van der Waals surface area contributed by atoms with Gasteiger partial charge in [0.15, 0.2) is 0 Å². The molecule has 78 valence electrons. The minimum absolute atomic E-state index is 0. The summed E-state index contributed by atoms with van der Waals surface area (Å²) in [6.45, 7) is -0.300. The Bertz CT molecular complexity index is 291. The Morgan fingerprint density at radius 3 is 1.94 bits per heavy atom. The Morgan fingerprint density at radius 1 is 1.12 bits per heavy atom. The number of carboxylic acid groups (broad SMARTS) is 3. The van der Waals surface area contributed by atoms with Gasteiger partial charge in [0, 0.05) is 18.9 Å². The van der Waals surface area contributed by atoms with Gasteiger partial charge in [-0.05, 0) is 0 Å². The molecule has 0 saturated carbocycles. The minimum Gasteiger partial charge on any atom is -0.550 e. The van der Waals surface area contributed by atoms with Crippen LogP contribution in [0.3, 0.4) is 0 Å². The zero-order chi connectivity index (χ0) is 11.1. The third kappa shape index (κ3) is 12.2. The van der Waals surface area contributed by atoms with Crippen LogP contribution in [0.15, 0.2) is 4.99 Å². The Balaban J connectivity index is -0.000000845. The topological polar surface area (TPSA) is 130 Å². The molecule has 0 radical (unpaired) electrons. The molecule has 9 heteroatoms. The van der Waals surface area contributed by atoms with Gasteiger partial charge in [-0.15, -0.1) is 0 Å². The first-order valence-corrected chi connectivity index (χ1v) is 3.59. The van der Waals surface area contributed by atoms with Crippen molar-refractivity contribution in [2.75, 3.05) is 6.54 Å². The summed E-state index contributed by atoms with van der Waals surface area (Å²) in [5.74, 6) is -4.50. The van der Waals surface area contributed by atoms with Gasteiger partial charge in [0.25, 0.3) is 0 Å². The summed E-state index contributed by atoms with van der Waals surface area (Å²) in [6, 6.07) is 0. The van der Waals surface area contributed by atoms with Gasteiger partial charge in [-0.3, -0.25) is 9.79 Å². The number of carboxylic acids is 3. The molecule has 16 heavy (non-hydrogen) atoms. The fourth-order valence-corrected chi connectivity index (χ4v) is 0.616. The Hall–Kier alpha value is 0.0800. The molecule has 0 unspecified atom stereocenters. The van der Waals surface area contributed by atoms with E-state index in [0.29, 0.717) is 0 Å². The van der Waals surface area contributed by atoms with Crippen molar-refractivity contribution in [2.24, 2.45) is 4.99 Å². The molecule has 0 amide bonds. The molecule has 0 aliphatic rings. The summed E-state index contributed by atoms with van der Waals surface area (Å²) in [7, 11) is 0. The van der Waals surface area contributed by atoms with Gasteiger partial charge in [-0.2, -0.15) is 0 Å². The second kappa shape index (κ2) is 11.6. The summed E-state index contributed by atoms with van der Waals surface area (Å²) in [6.07, 6.45) is -1.26. The summed E-state index contributed by atoms with van der Waals surface area (Å²) < 4.78 is 0. The van der Waals surface area contributed by atoms with E-state index in [1.54, 1.807) is 0 Å². The zero-order valence-corrected chi connectivity index (χ0v) is 13.1. The molecule has 0 aliphatic carbocycles. The SMILES string of the molecule is O=C([O-])CC(=NCCC(=O)O)C(=O)[O-].[Na+].[Na+]. The first kappa shape index (κ1) is 21.4. The molecular formula is C7H7NNa2O6. The van der Waals surface area contributed by atoms with E-state index in [-0.39, 0.29) is 72.1 Å². The fraction of sp³-hybridized carbons (Fsp3) is 0.429. The number of hydrogen-bond acceptors (Lipinski definition) is 6. The van der Waals surface area contributed by atoms with Crippen molar-refractivity contribution in [1.82, 2.24) is 0 Å². The molecule has 0 rings (SSSR count). The van der Waals surface area contributed by atoms with E-state index in [9.17, 15) is 24.6 Å². The van der Waals surface area contributed by atoms with Gasteiger partial charge >= 0.3 is 65.1 Å². The van der Waals surface area contributed by atoms with Crippen molar-refractivity contribution >= 4 is 23.6 Å². The van der Waals surface area contributed by atoms with Crippen LogP contribution in [0.2, 0.25) is 0 Å². The van der Waals surface area contributed by atoms with Gasteiger partial charge in [-0.25, -0.2) is 0 Å². The van der Waals surface area contributed by atoms with Crippen LogP contribution in [0.1, 0.15) is 12.8 Å². The average molecular weight is 247 g/mol. The first-order chi connectivity index (χ1) is 6.43. The maximum atomic E-state index is 10.2. The third-order valence-corrected chi connectivity index (χ3v) is 1.18. The van der Waals surface area contributed by atoms with Gasteiger partial charge in [0.2, 0.25) is 0 Å². The largest absolute Gasteiger partial charge is 1.00 e. The van der Waals surface area contributed by atoms with Crippen molar-refractivity contribution in [3.8, 4) is 0 Å². The van der Waals surface area contributed by atoms with Gasteiger partial charge in [0.1, 0.15) is 0 Å². The molecule has 7 nitrogen and oxygen atoms in total. The van der Waals surface area contributed by atoms with E-state index >= 15 is 0 Å². The molecule has 0 fully saturated rings. The Morgan fingerprint density at radius 2 is 1.62 bits per heavy atom.